The number of benzene rings is 1. The maximum Gasteiger partial charge on any atom is 0.270 e. The number of fused-ring (bicyclic) bond motifs is 1. The first-order valence-corrected chi connectivity index (χ1v) is 6.80. The zero-order valence-electron chi connectivity index (χ0n) is 10.6. The molecule has 0 saturated heterocycles. The van der Waals surface area contributed by atoms with Gasteiger partial charge in [-0.2, -0.15) is 5.26 Å². The van der Waals surface area contributed by atoms with Gasteiger partial charge in [-0.25, -0.2) is 4.98 Å². The van der Waals surface area contributed by atoms with Crippen LogP contribution >= 0.6 is 11.8 Å². The van der Waals surface area contributed by atoms with Gasteiger partial charge in [0.2, 0.25) is 0 Å². The van der Waals surface area contributed by atoms with E-state index in [-0.39, 0.29) is 5.69 Å². The summed E-state index contributed by atoms with van der Waals surface area (Å²) >= 11 is 0.983. The zero-order chi connectivity index (χ0) is 14.8. The first-order valence-electron chi connectivity index (χ1n) is 5.98. The van der Waals surface area contributed by atoms with Crippen molar-refractivity contribution in [3.05, 3.63) is 58.8 Å². The van der Waals surface area contributed by atoms with Crippen LogP contribution in [0.25, 0.3) is 16.9 Å². The molecule has 102 valence electrons. The number of thioether (sulfide) groups is 1. The molecule has 0 spiro atoms. The van der Waals surface area contributed by atoms with Gasteiger partial charge in [-0.3, -0.25) is 14.5 Å². The third-order valence-electron chi connectivity index (χ3n) is 2.96. The molecule has 0 saturated carbocycles. The SMILES string of the molecule is N#CSc1c(-c2cccc([N+](=O)[O-])c2)nc2ccccn12. The third-order valence-corrected chi connectivity index (χ3v) is 3.63. The number of thiocyanates is 1. The molecule has 0 bridgehead atoms. The lowest BCUT2D eigenvalue weighted by Crippen LogP contribution is -1.89. The highest BCUT2D eigenvalue weighted by atomic mass is 32.2. The molecule has 0 atom stereocenters. The monoisotopic (exact) mass is 296 g/mol. The second kappa shape index (κ2) is 5.26. The fourth-order valence-corrected chi connectivity index (χ4v) is 2.67. The average molecular weight is 296 g/mol. The molecular formula is C14H8N4O2S. The summed E-state index contributed by atoms with van der Waals surface area (Å²) in [6.45, 7) is 0. The fraction of sp³-hybridized carbons (Fsp3) is 0. The molecule has 6 nitrogen and oxygen atoms in total. The van der Waals surface area contributed by atoms with Crippen LogP contribution in [0.15, 0.2) is 53.7 Å². The van der Waals surface area contributed by atoms with Crippen LogP contribution in [0.5, 0.6) is 0 Å². The van der Waals surface area contributed by atoms with Gasteiger partial charge in [0.25, 0.3) is 5.69 Å². The summed E-state index contributed by atoms with van der Waals surface area (Å²) in [7, 11) is 0. The van der Waals surface area contributed by atoms with E-state index in [2.05, 4.69) is 4.98 Å². The van der Waals surface area contributed by atoms with Crippen molar-refractivity contribution in [2.24, 2.45) is 0 Å². The molecule has 0 fully saturated rings. The lowest BCUT2D eigenvalue weighted by Gasteiger charge is -2.00. The highest BCUT2D eigenvalue weighted by molar-refractivity contribution is 8.03. The summed E-state index contributed by atoms with van der Waals surface area (Å²) in [5.74, 6) is 0. The van der Waals surface area contributed by atoms with Gasteiger partial charge in [0, 0.05) is 35.7 Å². The highest BCUT2D eigenvalue weighted by Gasteiger charge is 2.16. The summed E-state index contributed by atoms with van der Waals surface area (Å²) in [5.41, 5.74) is 1.87. The Morgan fingerprint density at radius 1 is 1.29 bits per heavy atom. The van der Waals surface area contributed by atoms with Gasteiger partial charge in [0.1, 0.15) is 21.8 Å². The minimum absolute atomic E-state index is 0.00235. The number of nitro benzene ring substituents is 1. The van der Waals surface area contributed by atoms with E-state index < -0.39 is 4.92 Å². The van der Waals surface area contributed by atoms with Gasteiger partial charge in [0.05, 0.1) is 4.92 Å². The number of nitrogens with zero attached hydrogens (tertiary/aromatic N) is 4. The predicted molar refractivity (Wildman–Crippen MR) is 78.8 cm³/mol. The summed E-state index contributed by atoms with van der Waals surface area (Å²) in [6, 6.07) is 11.8. The summed E-state index contributed by atoms with van der Waals surface area (Å²) in [5, 5.41) is 22.5. The van der Waals surface area contributed by atoms with Gasteiger partial charge >= 0.3 is 0 Å². The summed E-state index contributed by atoms with van der Waals surface area (Å²) < 4.78 is 1.79. The van der Waals surface area contributed by atoms with Crippen LogP contribution < -0.4 is 0 Å². The zero-order valence-corrected chi connectivity index (χ0v) is 11.4. The topological polar surface area (TPSA) is 84.2 Å². The molecular weight excluding hydrogens is 288 g/mol. The number of pyridine rings is 1. The number of hydrogen-bond acceptors (Lipinski definition) is 5. The molecule has 0 unspecified atom stereocenters. The number of hydrogen-bond donors (Lipinski definition) is 0. The average Bonchev–Trinajstić information content (AvgIpc) is 2.87. The maximum absolute atomic E-state index is 10.9. The van der Waals surface area contributed by atoms with Gasteiger partial charge in [0.15, 0.2) is 0 Å². The van der Waals surface area contributed by atoms with Crippen molar-refractivity contribution < 1.29 is 4.92 Å². The van der Waals surface area contributed by atoms with E-state index in [9.17, 15) is 10.1 Å². The molecule has 0 radical (unpaired) electrons. The Hall–Kier alpha value is -2.85. The molecule has 2 aromatic heterocycles. The van der Waals surface area contributed by atoms with Crippen LogP contribution in [0, 0.1) is 20.8 Å². The molecule has 3 rings (SSSR count). The quantitative estimate of drug-likeness (QED) is 0.320. The van der Waals surface area contributed by atoms with Crippen LogP contribution in [0.3, 0.4) is 0 Å². The Labute approximate surface area is 123 Å². The minimum atomic E-state index is -0.448. The lowest BCUT2D eigenvalue weighted by molar-refractivity contribution is -0.384. The van der Waals surface area contributed by atoms with Crippen molar-refractivity contribution in [2.45, 2.75) is 5.03 Å². The molecule has 0 amide bonds. The van der Waals surface area contributed by atoms with E-state index in [0.29, 0.717) is 21.9 Å². The van der Waals surface area contributed by atoms with Crippen molar-refractivity contribution in [1.29, 1.82) is 5.26 Å². The third kappa shape index (κ3) is 2.32. The lowest BCUT2D eigenvalue weighted by atomic mass is 10.1. The van der Waals surface area contributed by atoms with Crippen molar-refractivity contribution in [3.8, 4) is 16.7 Å². The van der Waals surface area contributed by atoms with Crippen LogP contribution in [0.1, 0.15) is 0 Å². The summed E-state index contributed by atoms with van der Waals surface area (Å²) in [4.78, 5) is 14.9. The molecule has 0 N–H and O–H groups in total. The second-order valence-electron chi connectivity index (χ2n) is 4.20. The first kappa shape index (κ1) is 13.1. The molecule has 2 heterocycles. The Morgan fingerprint density at radius 2 is 2.14 bits per heavy atom. The largest absolute Gasteiger partial charge is 0.293 e. The summed E-state index contributed by atoms with van der Waals surface area (Å²) in [6.07, 6.45) is 1.81. The fourth-order valence-electron chi connectivity index (χ4n) is 2.07. The normalized spacial score (nSPS) is 10.4. The van der Waals surface area contributed by atoms with Gasteiger partial charge in [-0.05, 0) is 12.1 Å². The first-order chi connectivity index (χ1) is 10.2. The molecule has 0 aliphatic heterocycles. The molecule has 0 aliphatic rings. The Bertz CT molecular complexity index is 882. The van der Waals surface area contributed by atoms with Crippen molar-refractivity contribution in [2.75, 3.05) is 0 Å². The van der Waals surface area contributed by atoms with E-state index in [1.807, 2.05) is 29.8 Å². The van der Waals surface area contributed by atoms with E-state index in [4.69, 9.17) is 5.26 Å². The van der Waals surface area contributed by atoms with Crippen LogP contribution in [0.4, 0.5) is 5.69 Å². The minimum Gasteiger partial charge on any atom is -0.293 e. The highest BCUT2D eigenvalue weighted by Crippen LogP contribution is 2.32. The number of nitro groups is 1. The van der Waals surface area contributed by atoms with Crippen molar-refractivity contribution in [3.63, 3.8) is 0 Å². The number of rotatable bonds is 3. The van der Waals surface area contributed by atoms with Crippen LogP contribution in [0.2, 0.25) is 0 Å². The van der Waals surface area contributed by atoms with Crippen molar-refractivity contribution in [1.82, 2.24) is 9.38 Å². The van der Waals surface area contributed by atoms with Gasteiger partial charge in [-0.1, -0.05) is 18.2 Å². The molecule has 3 aromatic rings. The van der Waals surface area contributed by atoms with E-state index >= 15 is 0 Å². The van der Waals surface area contributed by atoms with Gasteiger partial charge < -0.3 is 0 Å². The number of nitriles is 1. The standard InChI is InChI=1S/C14H8N4O2S/c15-9-21-14-13(16-12-6-1-2-7-17(12)14)10-4-3-5-11(8-10)18(19)20/h1-8H. The van der Waals surface area contributed by atoms with E-state index in [1.165, 1.54) is 12.1 Å². The number of imidazole rings is 1. The Morgan fingerprint density at radius 3 is 2.90 bits per heavy atom. The smallest absolute Gasteiger partial charge is 0.270 e. The molecule has 0 aliphatic carbocycles. The van der Waals surface area contributed by atoms with E-state index in [0.717, 1.165) is 11.8 Å². The molecule has 1 aromatic carbocycles. The van der Waals surface area contributed by atoms with E-state index in [1.54, 1.807) is 16.5 Å². The number of aromatic nitrogens is 2. The van der Waals surface area contributed by atoms with Crippen LogP contribution in [-0.2, 0) is 0 Å². The predicted octanol–water partition coefficient (Wildman–Crippen LogP) is 3.48. The van der Waals surface area contributed by atoms with Gasteiger partial charge in [-0.15, -0.1) is 0 Å². The Kier molecular flexibility index (Phi) is 3.30. The number of non-ortho nitro benzene ring substituents is 1. The second-order valence-corrected chi connectivity index (χ2v) is 4.97. The molecule has 7 heteroatoms. The maximum atomic E-state index is 10.9. The van der Waals surface area contributed by atoms with Crippen LogP contribution in [-0.4, -0.2) is 14.3 Å². The molecule has 21 heavy (non-hydrogen) atoms. The Balaban J connectivity index is 2.24. The van der Waals surface area contributed by atoms with Crippen molar-refractivity contribution >= 4 is 23.1 Å².